The fraction of sp³-hybridized carbons (Fsp3) is 0.412. The molecule has 0 aliphatic heterocycles. The van der Waals surface area contributed by atoms with Crippen LogP contribution in [0.4, 0.5) is 0 Å². The first-order valence-electron chi connectivity index (χ1n) is 7.02. The maximum Gasteiger partial charge on any atom is 0.115 e. The molecule has 0 radical (unpaired) electrons. The Morgan fingerprint density at radius 1 is 1.05 bits per heavy atom. The van der Waals surface area contributed by atoms with Gasteiger partial charge in [-0.25, -0.2) is 9.97 Å². The Morgan fingerprint density at radius 3 is 2.15 bits per heavy atom. The number of benzene rings is 1. The van der Waals surface area contributed by atoms with Gasteiger partial charge in [-0.1, -0.05) is 45.0 Å². The lowest BCUT2D eigenvalue weighted by atomic mass is 9.86. The molecule has 0 aliphatic rings. The van der Waals surface area contributed by atoms with Crippen LogP contribution < -0.4 is 5.32 Å². The van der Waals surface area contributed by atoms with E-state index in [1.807, 2.05) is 19.4 Å². The fourth-order valence-corrected chi connectivity index (χ4v) is 2.25. The van der Waals surface area contributed by atoms with Gasteiger partial charge in [0.15, 0.2) is 0 Å². The molecule has 1 heterocycles. The zero-order valence-electron chi connectivity index (χ0n) is 12.7. The van der Waals surface area contributed by atoms with Crippen molar-refractivity contribution < 1.29 is 0 Å². The van der Waals surface area contributed by atoms with E-state index in [-0.39, 0.29) is 11.5 Å². The molecule has 2 aromatic rings. The van der Waals surface area contributed by atoms with Crippen LogP contribution in [0.15, 0.2) is 43.0 Å². The summed E-state index contributed by atoms with van der Waals surface area (Å²) in [5, 5.41) is 3.33. The van der Waals surface area contributed by atoms with Crippen molar-refractivity contribution in [1.29, 1.82) is 0 Å². The predicted octanol–water partition coefficient (Wildman–Crippen LogP) is 3.28. The third-order valence-corrected chi connectivity index (χ3v) is 3.59. The van der Waals surface area contributed by atoms with Crippen LogP contribution in [0.5, 0.6) is 0 Å². The summed E-state index contributed by atoms with van der Waals surface area (Å²) in [6.45, 7) is 6.71. The molecule has 3 nitrogen and oxygen atoms in total. The SMILES string of the molecule is CNC(Cc1ccc(C(C)(C)C)cc1)c1cncnc1. The van der Waals surface area contributed by atoms with E-state index in [1.165, 1.54) is 11.1 Å². The average molecular weight is 269 g/mol. The van der Waals surface area contributed by atoms with Crippen molar-refractivity contribution in [2.75, 3.05) is 7.05 Å². The van der Waals surface area contributed by atoms with E-state index < -0.39 is 0 Å². The van der Waals surface area contributed by atoms with Gasteiger partial charge in [0, 0.05) is 24.0 Å². The van der Waals surface area contributed by atoms with Crippen molar-refractivity contribution >= 4 is 0 Å². The summed E-state index contributed by atoms with van der Waals surface area (Å²) in [4.78, 5) is 8.18. The molecule has 20 heavy (non-hydrogen) atoms. The van der Waals surface area contributed by atoms with Crippen molar-refractivity contribution in [2.24, 2.45) is 0 Å². The van der Waals surface area contributed by atoms with Gasteiger partial charge in [0.2, 0.25) is 0 Å². The van der Waals surface area contributed by atoms with Crippen LogP contribution in [0.25, 0.3) is 0 Å². The van der Waals surface area contributed by atoms with Crippen LogP contribution in [-0.4, -0.2) is 17.0 Å². The van der Waals surface area contributed by atoms with Crippen molar-refractivity contribution in [3.8, 4) is 0 Å². The second kappa shape index (κ2) is 6.14. The van der Waals surface area contributed by atoms with Crippen LogP contribution in [0.2, 0.25) is 0 Å². The van der Waals surface area contributed by atoms with Crippen molar-refractivity contribution in [2.45, 2.75) is 38.6 Å². The predicted molar refractivity (Wildman–Crippen MR) is 82.7 cm³/mol. The van der Waals surface area contributed by atoms with Crippen molar-refractivity contribution in [1.82, 2.24) is 15.3 Å². The third kappa shape index (κ3) is 3.64. The molecule has 106 valence electrons. The summed E-state index contributed by atoms with van der Waals surface area (Å²) in [5.41, 5.74) is 4.01. The molecule has 3 heteroatoms. The van der Waals surface area contributed by atoms with Gasteiger partial charge in [-0.15, -0.1) is 0 Å². The average Bonchev–Trinajstić information content (AvgIpc) is 2.45. The summed E-state index contributed by atoms with van der Waals surface area (Å²) < 4.78 is 0. The van der Waals surface area contributed by atoms with Crippen molar-refractivity contribution in [3.63, 3.8) is 0 Å². The van der Waals surface area contributed by atoms with Crippen LogP contribution in [0.1, 0.15) is 43.5 Å². The number of nitrogens with zero attached hydrogens (tertiary/aromatic N) is 2. The maximum absolute atomic E-state index is 4.09. The highest BCUT2D eigenvalue weighted by Crippen LogP contribution is 2.23. The van der Waals surface area contributed by atoms with Gasteiger partial charge in [0.05, 0.1) is 0 Å². The first kappa shape index (κ1) is 14.7. The Labute approximate surface area is 121 Å². The molecule has 0 fully saturated rings. The number of hydrogen-bond donors (Lipinski definition) is 1. The molecule has 0 amide bonds. The largest absolute Gasteiger partial charge is 0.313 e. The summed E-state index contributed by atoms with van der Waals surface area (Å²) in [6.07, 6.45) is 6.25. The zero-order chi connectivity index (χ0) is 14.6. The Hall–Kier alpha value is -1.74. The van der Waals surface area contributed by atoms with Gasteiger partial charge in [-0.05, 0) is 30.0 Å². The smallest absolute Gasteiger partial charge is 0.115 e. The molecule has 1 unspecified atom stereocenters. The number of likely N-dealkylation sites (N-methyl/N-ethyl adjacent to an activating group) is 1. The van der Waals surface area contributed by atoms with E-state index in [9.17, 15) is 0 Å². The molecular weight excluding hydrogens is 246 g/mol. The highest BCUT2D eigenvalue weighted by Gasteiger charge is 2.14. The molecule has 0 saturated heterocycles. The fourth-order valence-electron chi connectivity index (χ4n) is 2.25. The monoisotopic (exact) mass is 269 g/mol. The van der Waals surface area contributed by atoms with Gasteiger partial charge in [-0.2, -0.15) is 0 Å². The molecule has 0 spiro atoms. The number of aromatic nitrogens is 2. The van der Waals surface area contributed by atoms with Crippen LogP contribution >= 0.6 is 0 Å². The Bertz CT molecular complexity index is 526. The van der Waals surface area contributed by atoms with Crippen LogP contribution in [0.3, 0.4) is 0 Å². The lowest BCUT2D eigenvalue weighted by Gasteiger charge is -2.20. The molecule has 1 N–H and O–H groups in total. The molecule has 1 aromatic heterocycles. The molecule has 0 saturated carbocycles. The Balaban J connectivity index is 2.13. The Morgan fingerprint density at radius 2 is 1.65 bits per heavy atom. The third-order valence-electron chi connectivity index (χ3n) is 3.59. The van der Waals surface area contributed by atoms with E-state index >= 15 is 0 Å². The van der Waals surface area contributed by atoms with E-state index in [1.54, 1.807) is 6.33 Å². The van der Waals surface area contributed by atoms with Crippen molar-refractivity contribution in [3.05, 3.63) is 59.7 Å². The minimum Gasteiger partial charge on any atom is -0.313 e. The molecule has 0 aliphatic carbocycles. The van der Waals surface area contributed by atoms with Gasteiger partial charge >= 0.3 is 0 Å². The van der Waals surface area contributed by atoms with Crippen LogP contribution in [-0.2, 0) is 11.8 Å². The van der Waals surface area contributed by atoms with Gasteiger partial charge in [0.25, 0.3) is 0 Å². The van der Waals surface area contributed by atoms with E-state index in [0.717, 1.165) is 12.0 Å². The summed E-state index contributed by atoms with van der Waals surface area (Å²) in [5.74, 6) is 0. The quantitative estimate of drug-likeness (QED) is 0.925. The van der Waals surface area contributed by atoms with E-state index in [4.69, 9.17) is 0 Å². The van der Waals surface area contributed by atoms with E-state index in [2.05, 4.69) is 60.3 Å². The molecule has 0 bridgehead atoms. The minimum atomic E-state index is 0.203. The lowest BCUT2D eigenvalue weighted by molar-refractivity contribution is 0.581. The van der Waals surface area contributed by atoms with Gasteiger partial charge < -0.3 is 5.32 Å². The summed E-state index contributed by atoms with van der Waals surface area (Å²) in [7, 11) is 1.97. The Kier molecular flexibility index (Phi) is 4.50. The number of rotatable bonds is 4. The number of hydrogen-bond acceptors (Lipinski definition) is 3. The topological polar surface area (TPSA) is 37.8 Å². The maximum atomic E-state index is 4.09. The molecule has 2 rings (SSSR count). The highest BCUT2D eigenvalue weighted by atomic mass is 14.9. The second-order valence-electron chi connectivity index (χ2n) is 6.16. The lowest BCUT2D eigenvalue weighted by Crippen LogP contribution is -2.19. The standard InChI is InChI=1S/C17H23N3/c1-17(2,3)15-7-5-13(6-8-15)9-16(18-4)14-10-19-12-20-11-14/h5-8,10-12,16,18H,9H2,1-4H3. The molecular formula is C17H23N3. The first-order valence-corrected chi connectivity index (χ1v) is 7.02. The van der Waals surface area contributed by atoms with E-state index in [0.29, 0.717) is 0 Å². The zero-order valence-corrected chi connectivity index (χ0v) is 12.7. The first-order chi connectivity index (χ1) is 9.50. The van der Waals surface area contributed by atoms with Gasteiger partial charge in [-0.3, -0.25) is 0 Å². The normalized spacial score (nSPS) is 13.2. The number of nitrogens with one attached hydrogen (secondary N) is 1. The minimum absolute atomic E-state index is 0.203. The molecule has 1 aromatic carbocycles. The summed E-state index contributed by atoms with van der Waals surface area (Å²) >= 11 is 0. The van der Waals surface area contributed by atoms with Gasteiger partial charge in [0.1, 0.15) is 6.33 Å². The summed E-state index contributed by atoms with van der Waals surface area (Å²) in [6, 6.07) is 9.13. The molecule has 1 atom stereocenters. The second-order valence-corrected chi connectivity index (χ2v) is 6.16. The van der Waals surface area contributed by atoms with Crippen LogP contribution in [0, 0.1) is 0 Å². The highest BCUT2D eigenvalue weighted by molar-refractivity contribution is 5.28.